The van der Waals surface area contributed by atoms with Crippen LogP contribution in [-0.2, 0) is 13.8 Å². The number of halogens is 1. The molecule has 1 saturated carbocycles. The number of nitrogens with one attached hydrogen (secondary N) is 1. The highest BCUT2D eigenvalue weighted by molar-refractivity contribution is 8.13. The van der Waals surface area contributed by atoms with E-state index in [0.717, 1.165) is 12.8 Å². The van der Waals surface area contributed by atoms with Crippen LogP contribution in [0.1, 0.15) is 43.2 Å². The van der Waals surface area contributed by atoms with E-state index in [2.05, 4.69) is 5.32 Å². The molecule has 6 nitrogen and oxygen atoms in total. The van der Waals surface area contributed by atoms with Crippen molar-refractivity contribution in [3.05, 3.63) is 18.0 Å². The van der Waals surface area contributed by atoms with Crippen LogP contribution in [0.25, 0.3) is 0 Å². The first-order chi connectivity index (χ1) is 9.72. The van der Waals surface area contributed by atoms with Gasteiger partial charge in [0.15, 0.2) is 0 Å². The largest absolute Gasteiger partial charge is 0.381 e. The molecule has 0 atom stereocenters. The normalized spacial score (nSPS) is 22.1. The third-order valence-electron chi connectivity index (χ3n) is 3.66. The van der Waals surface area contributed by atoms with Crippen LogP contribution < -0.4 is 5.32 Å². The molecule has 0 spiro atoms. The minimum Gasteiger partial charge on any atom is -0.381 e. The van der Waals surface area contributed by atoms with Gasteiger partial charge in [-0.2, -0.15) is 0 Å². The van der Waals surface area contributed by atoms with E-state index in [1.54, 1.807) is 11.7 Å². The summed E-state index contributed by atoms with van der Waals surface area (Å²) in [7, 11) is 3.14. The SMILES string of the molecule is COC1CC(NC(=O)c2cc(S(=O)(=O)Cl)cn2C(C)C)C1. The number of hydrogen-bond donors (Lipinski definition) is 1. The highest BCUT2D eigenvalue weighted by Crippen LogP contribution is 2.25. The van der Waals surface area contributed by atoms with Gasteiger partial charge >= 0.3 is 0 Å². The van der Waals surface area contributed by atoms with Gasteiger partial charge in [0.25, 0.3) is 15.0 Å². The molecule has 1 fully saturated rings. The topological polar surface area (TPSA) is 77.4 Å². The van der Waals surface area contributed by atoms with Crippen molar-refractivity contribution >= 4 is 25.6 Å². The average Bonchev–Trinajstić information content (AvgIpc) is 2.77. The summed E-state index contributed by atoms with van der Waals surface area (Å²) in [6.45, 7) is 3.73. The van der Waals surface area contributed by atoms with Crippen LogP contribution in [0.5, 0.6) is 0 Å². The predicted octanol–water partition coefficient (Wildman–Crippen LogP) is 1.90. The highest BCUT2D eigenvalue weighted by atomic mass is 35.7. The second-order valence-corrected chi connectivity index (χ2v) is 8.07. The lowest BCUT2D eigenvalue weighted by Gasteiger charge is -2.34. The lowest BCUT2D eigenvalue weighted by Crippen LogP contribution is -2.47. The molecule has 0 radical (unpaired) electrons. The van der Waals surface area contributed by atoms with Gasteiger partial charge in [0, 0.05) is 36.1 Å². The number of rotatable bonds is 5. The van der Waals surface area contributed by atoms with E-state index in [0.29, 0.717) is 5.69 Å². The molecule has 0 bridgehead atoms. The molecule has 0 saturated heterocycles. The molecule has 21 heavy (non-hydrogen) atoms. The Morgan fingerprint density at radius 1 is 1.48 bits per heavy atom. The first-order valence-electron chi connectivity index (χ1n) is 6.72. The Labute approximate surface area is 128 Å². The molecule has 2 rings (SSSR count). The third-order valence-corrected chi connectivity index (χ3v) is 4.98. The number of amides is 1. The first kappa shape index (κ1) is 16.3. The van der Waals surface area contributed by atoms with Crippen molar-refractivity contribution in [2.24, 2.45) is 0 Å². The highest BCUT2D eigenvalue weighted by Gasteiger charge is 2.31. The Bertz CT molecular complexity index is 633. The zero-order valence-electron chi connectivity index (χ0n) is 12.2. The van der Waals surface area contributed by atoms with Gasteiger partial charge in [0.05, 0.1) is 6.10 Å². The molecule has 1 aliphatic rings. The Balaban J connectivity index is 2.18. The van der Waals surface area contributed by atoms with Gasteiger partial charge < -0.3 is 14.6 Å². The molecule has 1 N–H and O–H groups in total. The summed E-state index contributed by atoms with van der Waals surface area (Å²) in [5, 5.41) is 2.88. The molecule has 1 heterocycles. The van der Waals surface area contributed by atoms with Crippen LogP contribution in [0.4, 0.5) is 0 Å². The fourth-order valence-electron chi connectivity index (χ4n) is 2.33. The average molecular weight is 335 g/mol. The smallest absolute Gasteiger partial charge is 0.268 e. The van der Waals surface area contributed by atoms with Crippen molar-refractivity contribution in [2.45, 2.75) is 49.8 Å². The van der Waals surface area contributed by atoms with Crippen LogP contribution in [0.2, 0.25) is 0 Å². The molecule has 0 aromatic carbocycles. The Morgan fingerprint density at radius 2 is 2.10 bits per heavy atom. The maximum atomic E-state index is 12.3. The lowest BCUT2D eigenvalue weighted by atomic mass is 9.89. The Morgan fingerprint density at radius 3 is 2.57 bits per heavy atom. The zero-order chi connectivity index (χ0) is 15.8. The van der Waals surface area contributed by atoms with Crippen LogP contribution in [0.15, 0.2) is 17.2 Å². The van der Waals surface area contributed by atoms with E-state index in [1.807, 2.05) is 13.8 Å². The van der Waals surface area contributed by atoms with Gasteiger partial charge in [0.2, 0.25) is 0 Å². The number of methoxy groups -OCH3 is 1. The van der Waals surface area contributed by atoms with Crippen molar-refractivity contribution in [3.8, 4) is 0 Å². The first-order valence-corrected chi connectivity index (χ1v) is 9.03. The van der Waals surface area contributed by atoms with Gasteiger partial charge in [-0.1, -0.05) is 0 Å². The summed E-state index contributed by atoms with van der Waals surface area (Å²) < 4.78 is 29.6. The van der Waals surface area contributed by atoms with E-state index in [1.165, 1.54) is 12.3 Å². The molecule has 1 aromatic heterocycles. The van der Waals surface area contributed by atoms with Crippen molar-refractivity contribution in [2.75, 3.05) is 7.11 Å². The number of nitrogens with zero attached hydrogens (tertiary/aromatic N) is 1. The molecule has 0 unspecified atom stereocenters. The number of hydrogen-bond acceptors (Lipinski definition) is 4. The Kier molecular flexibility index (Phi) is 4.65. The quantitative estimate of drug-likeness (QED) is 0.834. The summed E-state index contributed by atoms with van der Waals surface area (Å²) in [6, 6.07) is 1.32. The fraction of sp³-hybridized carbons (Fsp3) is 0.615. The predicted molar refractivity (Wildman–Crippen MR) is 79.1 cm³/mol. The van der Waals surface area contributed by atoms with Gasteiger partial charge in [-0.25, -0.2) is 8.42 Å². The van der Waals surface area contributed by atoms with Crippen molar-refractivity contribution in [3.63, 3.8) is 0 Å². The van der Waals surface area contributed by atoms with Crippen molar-refractivity contribution in [1.29, 1.82) is 0 Å². The summed E-state index contributed by atoms with van der Waals surface area (Å²) >= 11 is 0. The zero-order valence-corrected chi connectivity index (χ0v) is 13.7. The second kappa shape index (κ2) is 5.98. The molecule has 1 aromatic rings. The molecule has 1 aliphatic carbocycles. The number of ether oxygens (including phenoxy) is 1. The maximum absolute atomic E-state index is 12.3. The van der Waals surface area contributed by atoms with Gasteiger partial charge in [-0.05, 0) is 32.8 Å². The molecular weight excluding hydrogens is 316 g/mol. The van der Waals surface area contributed by atoms with Crippen LogP contribution in [0, 0.1) is 0 Å². The van der Waals surface area contributed by atoms with Crippen molar-refractivity contribution in [1.82, 2.24) is 9.88 Å². The fourth-order valence-corrected chi connectivity index (χ4v) is 3.08. The van der Waals surface area contributed by atoms with E-state index < -0.39 is 9.05 Å². The van der Waals surface area contributed by atoms with Crippen LogP contribution in [0.3, 0.4) is 0 Å². The van der Waals surface area contributed by atoms with Crippen LogP contribution >= 0.6 is 10.7 Å². The molecule has 1 amide bonds. The molecule has 118 valence electrons. The summed E-state index contributed by atoms with van der Waals surface area (Å²) in [5.74, 6) is -0.296. The lowest BCUT2D eigenvalue weighted by molar-refractivity contribution is 0.0174. The van der Waals surface area contributed by atoms with Gasteiger partial charge in [-0.3, -0.25) is 4.79 Å². The second-order valence-electron chi connectivity index (χ2n) is 5.50. The van der Waals surface area contributed by atoms with Gasteiger partial charge in [-0.15, -0.1) is 0 Å². The minimum absolute atomic E-state index is 0.0500. The van der Waals surface area contributed by atoms with E-state index in [4.69, 9.17) is 15.4 Å². The summed E-state index contributed by atoms with van der Waals surface area (Å²) in [6.07, 6.45) is 3.11. The minimum atomic E-state index is -3.85. The Hall–Kier alpha value is -1.05. The number of carbonyl (C=O) groups is 1. The van der Waals surface area contributed by atoms with E-state index in [9.17, 15) is 13.2 Å². The standard InChI is InChI=1S/C13H19ClN2O4S/c1-8(2)16-7-11(21(14,18)19)6-12(16)13(17)15-9-4-10(5-9)20-3/h6-10H,4-5H2,1-3H3,(H,15,17). The van der Waals surface area contributed by atoms with E-state index >= 15 is 0 Å². The third kappa shape index (κ3) is 3.59. The van der Waals surface area contributed by atoms with E-state index in [-0.39, 0.29) is 29.0 Å². The molecular formula is C13H19ClN2O4S. The number of carbonyl (C=O) groups excluding carboxylic acids is 1. The van der Waals surface area contributed by atoms with Crippen LogP contribution in [-0.4, -0.2) is 38.1 Å². The summed E-state index contributed by atoms with van der Waals surface area (Å²) in [4.78, 5) is 12.2. The molecule has 0 aliphatic heterocycles. The summed E-state index contributed by atoms with van der Waals surface area (Å²) in [5.41, 5.74) is 0.296. The monoisotopic (exact) mass is 334 g/mol. The van der Waals surface area contributed by atoms with Crippen molar-refractivity contribution < 1.29 is 17.9 Å². The van der Waals surface area contributed by atoms with Gasteiger partial charge in [0.1, 0.15) is 10.6 Å². The molecule has 8 heteroatoms. The number of aromatic nitrogens is 1. The maximum Gasteiger partial charge on any atom is 0.268 e.